The van der Waals surface area contributed by atoms with Gasteiger partial charge in [-0.25, -0.2) is 0 Å². The summed E-state index contributed by atoms with van der Waals surface area (Å²) in [5.74, 6) is 0. The number of benzene rings is 2. The summed E-state index contributed by atoms with van der Waals surface area (Å²) in [6.07, 6.45) is -0.397. The minimum atomic E-state index is -0.397. The predicted molar refractivity (Wildman–Crippen MR) is 110 cm³/mol. The summed E-state index contributed by atoms with van der Waals surface area (Å²) >= 11 is 0. The molecule has 1 atom stereocenters. The van der Waals surface area contributed by atoms with Crippen molar-refractivity contribution in [2.45, 2.75) is 19.3 Å². The highest BCUT2D eigenvalue weighted by Gasteiger charge is 2.23. The van der Waals surface area contributed by atoms with Crippen LogP contribution in [-0.2, 0) is 17.9 Å². The highest BCUT2D eigenvalue weighted by molar-refractivity contribution is 5.13. The van der Waals surface area contributed by atoms with Gasteiger partial charge in [-0.15, -0.1) is 0 Å². The second kappa shape index (κ2) is 11.9. The minimum Gasteiger partial charge on any atom is -0.385 e. The smallest absolute Gasteiger partial charge is 0.127 e. The molecule has 0 amide bonds. The first kappa shape index (κ1) is 21.0. The van der Waals surface area contributed by atoms with Crippen LogP contribution in [0.25, 0.3) is 0 Å². The number of hydrogen-bond acceptors (Lipinski definition) is 2. The van der Waals surface area contributed by atoms with Crippen molar-refractivity contribution in [1.29, 1.82) is 0 Å². The van der Waals surface area contributed by atoms with E-state index >= 15 is 0 Å². The number of ether oxygens (including phenoxy) is 1. The van der Waals surface area contributed by atoms with Crippen LogP contribution in [-0.4, -0.2) is 63.6 Å². The lowest BCUT2D eigenvalue weighted by Gasteiger charge is -2.29. The maximum absolute atomic E-state index is 10.1. The molecule has 0 saturated carbocycles. The molecule has 0 aromatic heterocycles. The summed E-state index contributed by atoms with van der Waals surface area (Å²) in [7, 11) is 0. The summed E-state index contributed by atoms with van der Waals surface area (Å²) < 4.78 is 5.61. The Hall–Kier alpha value is -1.76. The standard InChI is InChI=1S/C23H33N3O2/c27-23(20-28-19-22-9-5-2-6-10-22)17-24-11-12-25-13-15-26(16-14-25)18-21-7-3-1-4-8-21/h1-10,23-24,27H,11-20H2/p+3/t23-/m1/s1. The molecule has 28 heavy (non-hydrogen) atoms. The molecule has 0 spiro atoms. The zero-order valence-corrected chi connectivity index (χ0v) is 16.9. The molecule has 0 radical (unpaired) electrons. The summed E-state index contributed by atoms with van der Waals surface area (Å²) in [6, 6.07) is 20.9. The van der Waals surface area contributed by atoms with E-state index in [0.717, 1.165) is 18.7 Å². The molecule has 1 aliphatic rings. The summed E-state index contributed by atoms with van der Waals surface area (Å²) in [5, 5.41) is 12.3. The Kier molecular flexibility index (Phi) is 8.94. The van der Waals surface area contributed by atoms with E-state index in [9.17, 15) is 5.11 Å². The maximum atomic E-state index is 10.1. The predicted octanol–water partition coefficient (Wildman–Crippen LogP) is -1.89. The number of piperazine rings is 1. The fraction of sp³-hybridized carbons (Fsp3) is 0.478. The number of nitrogens with one attached hydrogen (secondary N) is 2. The van der Waals surface area contributed by atoms with Crippen molar-refractivity contribution in [2.75, 3.05) is 52.4 Å². The molecule has 2 aromatic carbocycles. The van der Waals surface area contributed by atoms with Crippen molar-refractivity contribution >= 4 is 0 Å². The average molecular weight is 387 g/mol. The number of nitrogens with two attached hydrogens (primary N) is 1. The van der Waals surface area contributed by atoms with E-state index in [1.54, 1.807) is 9.80 Å². The van der Waals surface area contributed by atoms with Crippen molar-refractivity contribution < 1.29 is 25.0 Å². The molecule has 3 rings (SSSR count). The normalized spacial score (nSPS) is 20.8. The van der Waals surface area contributed by atoms with E-state index in [-0.39, 0.29) is 0 Å². The fourth-order valence-corrected chi connectivity index (χ4v) is 3.84. The lowest BCUT2D eigenvalue weighted by Crippen LogP contribution is -3.28. The lowest BCUT2D eigenvalue weighted by molar-refractivity contribution is -1.02. The first-order valence-corrected chi connectivity index (χ1v) is 10.6. The third-order valence-electron chi connectivity index (χ3n) is 5.52. The van der Waals surface area contributed by atoms with Crippen LogP contribution in [0.1, 0.15) is 11.1 Å². The van der Waals surface area contributed by atoms with Crippen molar-refractivity contribution in [1.82, 2.24) is 0 Å². The number of rotatable bonds is 11. The second-order valence-electron chi connectivity index (χ2n) is 7.88. The van der Waals surface area contributed by atoms with Gasteiger partial charge >= 0.3 is 0 Å². The molecule has 1 heterocycles. The van der Waals surface area contributed by atoms with Crippen LogP contribution in [0.15, 0.2) is 60.7 Å². The van der Waals surface area contributed by atoms with Crippen LogP contribution in [0, 0.1) is 0 Å². The molecule has 2 aromatic rings. The van der Waals surface area contributed by atoms with Gasteiger partial charge in [-0.1, -0.05) is 60.7 Å². The Bertz CT molecular complexity index is 645. The van der Waals surface area contributed by atoms with E-state index in [1.165, 1.54) is 38.3 Å². The Morgan fingerprint density at radius 3 is 2.14 bits per heavy atom. The zero-order valence-electron chi connectivity index (χ0n) is 16.9. The first-order chi connectivity index (χ1) is 13.8. The Labute approximate surface area is 168 Å². The van der Waals surface area contributed by atoms with Crippen LogP contribution in [0.5, 0.6) is 0 Å². The lowest BCUT2D eigenvalue weighted by atomic mass is 10.2. The molecule has 5 heteroatoms. The van der Waals surface area contributed by atoms with Gasteiger partial charge in [0.15, 0.2) is 0 Å². The third-order valence-corrected chi connectivity index (χ3v) is 5.52. The molecule has 152 valence electrons. The van der Waals surface area contributed by atoms with Gasteiger partial charge in [0, 0.05) is 5.56 Å². The van der Waals surface area contributed by atoms with Crippen molar-refractivity contribution in [3.05, 3.63) is 71.8 Å². The number of hydrogen-bond donors (Lipinski definition) is 4. The van der Waals surface area contributed by atoms with E-state index in [1.807, 2.05) is 30.3 Å². The average Bonchev–Trinajstić information content (AvgIpc) is 2.74. The van der Waals surface area contributed by atoms with E-state index in [2.05, 4.69) is 35.6 Å². The van der Waals surface area contributed by atoms with Gasteiger partial charge in [0.1, 0.15) is 58.5 Å². The summed E-state index contributed by atoms with van der Waals surface area (Å²) in [5.41, 5.74) is 2.59. The van der Waals surface area contributed by atoms with Crippen LogP contribution in [0.4, 0.5) is 0 Å². The Balaban J connectivity index is 1.20. The van der Waals surface area contributed by atoms with Gasteiger partial charge in [0.05, 0.1) is 13.2 Å². The fourth-order valence-electron chi connectivity index (χ4n) is 3.84. The molecular formula is C23H36N3O2+3. The van der Waals surface area contributed by atoms with E-state index in [0.29, 0.717) is 19.8 Å². The molecule has 5 N–H and O–H groups in total. The Morgan fingerprint density at radius 1 is 0.857 bits per heavy atom. The molecule has 0 unspecified atom stereocenters. The summed E-state index contributed by atoms with van der Waals surface area (Å²) in [4.78, 5) is 3.40. The zero-order chi connectivity index (χ0) is 19.4. The highest BCUT2D eigenvalue weighted by atomic mass is 16.5. The molecule has 0 bridgehead atoms. The van der Waals surface area contributed by atoms with Gasteiger partial charge < -0.3 is 25.0 Å². The molecule has 1 aliphatic heterocycles. The number of quaternary nitrogens is 3. The topological polar surface area (TPSA) is 55.0 Å². The van der Waals surface area contributed by atoms with Crippen molar-refractivity contribution in [3.8, 4) is 0 Å². The van der Waals surface area contributed by atoms with Crippen LogP contribution < -0.4 is 15.1 Å². The highest BCUT2D eigenvalue weighted by Crippen LogP contribution is 2.00. The van der Waals surface area contributed by atoms with Gasteiger partial charge in [0.25, 0.3) is 0 Å². The van der Waals surface area contributed by atoms with Crippen molar-refractivity contribution in [2.24, 2.45) is 0 Å². The quantitative estimate of drug-likeness (QED) is 0.342. The molecule has 1 fully saturated rings. The van der Waals surface area contributed by atoms with Gasteiger partial charge in [-0.05, 0) is 5.56 Å². The van der Waals surface area contributed by atoms with E-state index in [4.69, 9.17) is 4.74 Å². The Morgan fingerprint density at radius 2 is 1.46 bits per heavy atom. The number of aliphatic hydroxyl groups excluding tert-OH is 1. The third kappa shape index (κ3) is 7.70. The largest absolute Gasteiger partial charge is 0.385 e. The first-order valence-electron chi connectivity index (χ1n) is 10.6. The van der Waals surface area contributed by atoms with Gasteiger partial charge in [-0.2, -0.15) is 0 Å². The monoisotopic (exact) mass is 386 g/mol. The van der Waals surface area contributed by atoms with Crippen molar-refractivity contribution in [3.63, 3.8) is 0 Å². The van der Waals surface area contributed by atoms with Crippen LogP contribution in [0.3, 0.4) is 0 Å². The van der Waals surface area contributed by atoms with Crippen LogP contribution in [0.2, 0.25) is 0 Å². The van der Waals surface area contributed by atoms with Crippen LogP contribution >= 0.6 is 0 Å². The molecule has 1 saturated heterocycles. The molecule has 5 nitrogen and oxygen atoms in total. The molecular weight excluding hydrogens is 350 g/mol. The number of aliphatic hydroxyl groups is 1. The van der Waals surface area contributed by atoms with E-state index < -0.39 is 6.10 Å². The SMILES string of the molecule is O[C@H](C[NH2+]CC[NH+]1CC[NH+](Cc2ccccc2)CC1)COCc1ccccc1. The van der Waals surface area contributed by atoms with Gasteiger partial charge in [-0.3, -0.25) is 0 Å². The maximum Gasteiger partial charge on any atom is 0.127 e. The molecule has 0 aliphatic carbocycles. The summed E-state index contributed by atoms with van der Waals surface area (Å²) in [6.45, 7) is 10.1. The second-order valence-corrected chi connectivity index (χ2v) is 7.88. The van der Waals surface area contributed by atoms with Gasteiger partial charge in [0.2, 0.25) is 0 Å². The minimum absolute atomic E-state index is 0.397.